The predicted molar refractivity (Wildman–Crippen MR) is 76.6 cm³/mol. The maximum atomic E-state index is 13.0. The number of aryl methyl sites for hydroxylation is 1. The van der Waals surface area contributed by atoms with E-state index in [0.29, 0.717) is 17.8 Å². The molecule has 0 aliphatic heterocycles. The highest BCUT2D eigenvalue weighted by molar-refractivity contribution is 6.30. The molecule has 2 aromatic carbocycles. The van der Waals surface area contributed by atoms with Crippen LogP contribution < -0.4 is 5.32 Å². The third kappa shape index (κ3) is 3.24. The summed E-state index contributed by atoms with van der Waals surface area (Å²) in [5, 5.41) is 13.9. The summed E-state index contributed by atoms with van der Waals surface area (Å²) in [5.41, 5.74) is 2.08. The number of halogens is 2. The van der Waals surface area contributed by atoms with Crippen molar-refractivity contribution >= 4 is 23.0 Å². The molecule has 0 bridgehead atoms. The van der Waals surface area contributed by atoms with Crippen molar-refractivity contribution in [3.05, 3.63) is 68.5 Å². The van der Waals surface area contributed by atoms with E-state index in [0.717, 1.165) is 5.56 Å². The number of hydrogen-bond donors (Lipinski definition) is 1. The van der Waals surface area contributed by atoms with E-state index in [1.807, 2.05) is 0 Å². The number of nitrogens with zero attached hydrogens (tertiary/aromatic N) is 1. The molecule has 0 saturated heterocycles. The summed E-state index contributed by atoms with van der Waals surface area (Å²) in [4.78, 5) is 10.4. The second-order valence-corrected chi connectivity index (χ2v) is 4.77. The Labute approximate surface area is 120 Å². The molecule has 0 aromatic heterocycles. The minimum absolute atomic E-state index is 0.0548. The van der Waals surface area contributed by atoms with Crippen molar-refractivity contribution in [1.29, 1.82) is 0 Å². The SMILES string of the molecule is Cc1ccc(NCc2ccc(F)c(Cl)c2)cc1[N+](=O)[O-]. The van der Waals surface area contributed by atoms with E-state index < -0.39 is 10.7 Å². The van der Waals surface area contributed by atoms with Crippen molar-refractivity contribution in [2.24, 2.45) is 0 Å². The number of nitrogens with one attached hydrogen (secondary N) is 1. The lowest BCUT2D eigenvalue weighted by Gasteiger charge is -2.08. The molecule has 4 nitrogen and oxygen atoms in total. The number of benzene rings is 2. The average Bonchev–Trinajstić information content (AvgIpc) is 2.41. The third-order valence-electron chi connectivity index (χ3n) is 2.89. The molecule has 20 heavy (non-hydrogen) atoms. The molecular formula is C14H12ClFN2O2. The van der Waals surface area contributed by atoms with Crippen molar-refractivity contribution in [3.63, 3.8) is 0 Å². The zero-order valence-electron chi connectivity index (χ0n) is 10.7. The topological polar surface area (TPSA) is 55.2 Å². The molecule has 0 fully saturated rings. The van der Waals surface area contributed by atoms with Gasteiger partial charge >= 0.3 is 0 Å². The van der Waals surface area contributed by atoms with E-state index in [2.05, 4.69) is 5.32 Å². The van der Waals surface area contributed by atoms with E-state index >= 15 is 0 Å². The van der Waals surface area contributed by atoms with Crippen LogP contribution in [0.5, 0.6) is 0 Å². The molecule has 6 heteroatoms. The van der Waals surface area contributed by atoms with Gasteiger partial charge < -0.3 is 5.32 Å². The third-order valence-corrected chi connectivity index (χ3v) is 3.18. The van der Waals surface area contributed by atoms with Crippen LogP contribution in [0.2, 0.25) is 5.02 Å². The summed E-state index contributed by atoms with van der Waals surface area (Å²) in [5.74, 6) is -0.471. The van der Waals surface area contributed by atoms with Crippen LogP contribution in [0.3, 0.4) is 0 Å². The minimum atomic E-state index is -0.471. The highest BCUT2D eigenvalue weighted by atomic mass is 35.5. The van der Waals surface area contributed by atoms with Crippen LogP contribution in [0.1, 0.15) is 11.1 Å². The zero-order valence-corrected chi connectivity index (χ0v) is 11.4. The number of nitro groups is 1. The summed E-state index contributed by atoms with van der Waals surface area (Å²) in [6.07, 6.45) is 0. The molecule has 0 heterocycles. The Balaban J connectivity index is 2.12. The van der Waals surface area contributed by atoms with Crippen molar-refractivity contribution < 1.29 is 9.31 Å². The van der Waals surface area contributed by atoms with Crippen LogP contribution in [-0.4, -0.2) is 4.92 Å². The monoisotopic (exact) mass is 294 g/mol. The molecule has 104 valence electrons. The van der Waals surface area contributed by atoms with Gasteiger partial charge in [-0.2, -0.15) is 0 Å². The highest BCUT2D eigenvalue weighted by Gasteiger charge is 2.10. The van der Waals surface area contributed by atoms with Gasteiger partial charge in [0.1, 0.15) is 5.82 Å². The number of hydrogen-bond acceptors (Lipinski definition) is 3. The van der Waals surface area contributed by atoms with Crippen LogP contribution >= 0.6 is 11.6 Å². The maximum Gasteiger partial charge on any atom is 0.274 e. The van der Waals surface area contributed by atoms with Crippen molar-refractivity contribution in [1.82, 2.24) is 0 Å². The summed E-state index contributed by atoms with van der Waals surface area (Å²) in [7, 11) is 0. The molecule has 0 amide bonds. The average molecular weight is 295 g/mol. The largest absolute Gasteiger partial charge is 0.381 e. The Kier molecular flexibility index (Phi) is 4.20. The molecule has 0 atom stereocenters. The molecule has 0 aliphatic rings. The van der Waals surface area contributed by atoms with Crippen LogP contribution in [0, 0.1) is 22.9 Å². The fraction of sp³-hybridized carbons (Fsp3) is 0.143. The van der Waals surface area contributed by atoms with Crippen molar-refractivity contribution in [2.75, 3.05) is 5.32 Å². The van der Waals surface area contributed by atoms with E-state index in [1.54, 1.807) is 25.1 Å². The summed E-state index contributed by atoms with van der Waals surface area (Å²) >= 11 is 5.69. The van der Waals surface area contributed by atoms with Gasteiger partial charge in [0.05, 0.1) is 9.95 Å². The zero-order chi connectivity index (χ0) is 14.7. The molecule has 0 aliphatic carbocycles. The Morgan fingerprint density at radius 2 is 2.05 bits per heavy atom. The molecule has 1 N–H and O–H groups in total. The Bertz CT molecular complexity index is 662. The van der Waals surface area contributed by atoms with Crippen molar-refractivity contribution in [3.8, 4) is 0 Å². The first-order valence-corrected chi connectivity index (χ1v) is 6.28. The second kappa shape index (κ2) is 5.88. The van der Waals surface area contributed by atoms with Crippen LogP contribution in [0.15, 0.2) is 36.4 Å². The Morgan fingerprint density at radius 3 is 2.70 bits per heavy atom. The van der Waals surface area contributed by atoms with Gasteiger partial charge in [-0.1, -0.05) is 23.7 Å². The van der Waals surface area contributed by atoms with Gasteiger partial charge in [-0.15, -0.1) is 0 Å². The summed E-state index contributed by atoms with van der Waals surface area (Å²) in [6.45, 7) is 2.09. The molecule has 0 radical (unpaired) electrons. The van der Waals surface area contributed by atoms with Crippen LogP contribution in [-0.2, 0) is 6.54 Å². The summed E-state index contributed by atoms with van der Waals surface area (Å²) in [6, 6.07) is 9.33. The Morgan fingerprint density at radius 1 is 1.30 bits per heavy atom. The lowest BCUT2D eigenvalue weighted by molar-refractivity contribution is -0.385. The maximum absolute atomic E-state index is 13.0. The van der Waals surface area contributed by atoms with Gasteiger partial charge in [0, 0.05) is 23.9 Å². The lowest BCUT2D eigenvalue weighted by atomic mass is 10.1. The van der Waals surface area contributed by atoms with Gasteiger partial charge in [0.15, 0.2) is 0 Å². The number of anilines is 1. The fourth-order valence-electron chi connectivity index (χ4n) is 1.77. The molecule has 0 unspecified atom stereocenters. The van der Waals surface area contributed by atoms with Crippen LogP contribution in [0.4, 0.5) is 15.8 Å². The van der Waals surface area contributed by atoms with Crippen molar-refractivity contribution in [2.45, 2.75) is 13.5 Å². The van der Waals surface area contributed by atoms with Crippen LogP contribution in [0.25, 0.3) is 0 Å². The minimum Gasteiger partial charge on any atom is -0.381 e. The first-order valence-electron chi connectivity index (χ1n) is 5.90. The molecule has 2 aromatic rings. The molecule has 0 saturated carbocycles. The standard InChI is InChI=1S/C14H12ClFN2O2/c1-9-2-4-11(7-14(9)18(19)20)17-8-10-3-5-13(16)12(15)6-10/h2-7,17H,8H2,1H3. The van der Waals surface area contributed by atoms with Gasteiger partial charge in [-0.25, -0.2) is 4.39 Å². The smallest absolute Gasteiger partial charge is 0.274 e. The number of rotatable bonds is 4. The van der Waals surface area contributed by atoms with Gasteiger partial charge in [-0.3, -0.25) is 10.1 Å². The van der Waals surface area contributed by atoms with E-state index in [4.69, 9.17) is 11.6 Å². The van der Waals surface area contributed by atoms with Gasteiger partial charge in [-0.05, 0) is 30.7 Å². The van der Waals surface area contributed by atoms with E-state index in [1.165, 1.54) is 18.2 Å². The molecule has 0 spiro atoms. The van der Waals surface area contributed by atoms with Gasteiger partial charge in [0.25, 0.3) is 5.69 Å². The second-order valence-electron chi connectivity index (χ2n) is 4.36. The first kappa shape index (κ1) is 14.3. The summed E-state index contributed by atoms with van der Waals surface area (Å²) < 4.78 is 13.0. The normalized spacial score (nSPS) is 10.3. The quantitative estimate of drug-likeness (QED) is 0.675. The van der Waals surface area contributed by atoms with E-state index in [-0.39, 0.29) is 10.7 Å². The molecule has 2 rings (SSSR count). The fourth-order valence-corrected chi connectivity index (χ4v) is 1.97. The predicted octanol–water partition coefficient (Wildman–Crippen LogP) is 4.31. The van der Waals surface area contributed by atoms with E-state index in [9.17, 15) is 14.5 Å². The number of nitro benzene ring substituents is 1. The highest BCUT2D eigenvalue weighted by Crippen LogP contribution is 2.23. The lowest BCUT2D eigenvalue weighted by Crippen LogP contribution is -2.01. The first-order chi connectivity index (χ1) is 9.47. The molecular weight excluding hydrogens is 283 g/mol. The van der Waals surface area contributed by atoms with Gasteiger partial charge in [0.2, 0.25) is 0 Å². The Hall–Kier alpha value is -2.14.